The van der Waals surface area contributed by atoms with Crippen molar-refractivity contribution < 1.29 is 14.6 Å². The minimum Gasteiger partial charge on any atom is -0.493 e. The smallest absolute Gasteiger partial charge is 0.230 e. The van der Waals surface area contributed by atoms with Gasteiger partial charge in [0.2, 0.25) is 5.91 Å². The zero-order chi connectivity index (χ0) is 16.8. The lowest BCUT2D eigenvalue weighted by Gasteiger charge is -2.13. The first-order chi connectivity index (χ1) is 11.7. The molecule has 1 aliphatic heterocycles. The maximum atomic E-state index is 11.9. The Bertz CT molecular complexity index is 690. The molecule has 0 aliphatic carbocycles. The van der Waals surface area contributed by atoms with Crippen LogP contribution in [0.15, 0.2) is 48.5 Å². The molecular weight excluding hydrogens is 322 g/mol. The van der Waals surface area contributed by atoms with Crippen LogP contribution in [-0.2, 0) is 17.0 Å². The van der Waals surface area contributed by atoms with E-state index in [1.165, 1.54) is 5.56 Å². The summed E-state index contributed by atoms with van der Waals surface area (Å²) >= 11 is 1.57. The summed E-state index contributed by atoms with van der Waals surface area (Å²) in [6.45, 7) is 0.925. The molecule has 2 aromatic carbocycles. The second-order valence-electron chi connectivity index (χ2n) is 5.76. The van der Waals surface area contributed by atoms with E-state index in [-0.39, 0.29) is 12.5 Å². The van der Waals surface area contributed by atoms with E-state index in [1.54, 1.807) is 11.8 Å². The number of ether oxygens (including phenoxy) is 1. The molecule has 3 rings (SSSR count). The van der Waals surface area contributed by atoms with Gasteiger partial charge < -0.3 is 15.2 Å². The number of nitrogens with one attached hydrogen (secondary N) is 1. The van der Waals surface area contributed by atoms with Gasteiger partial charge in [-0.05, 0) is 28.8 Å². The van der Waals surface area contributed by atoms with E-state index in [4.69, 9.17) is 4.74 Å². The number of carbonyl (C=O) groups excluding carboxylic acids is 1. The quantitative estimate of drug-likeness (QED) is 0.812. The number of aliphatic hydroxyl groups excluding tert-OH is 1. The van der Waals surface area contributed by atoms with Crippen molar-refractivity contribution >= 4 is 17.7 Å². The molecule has 24 heavy (non-hydrogen) atoms. The molecule has 1 atom stereocenters. The Morgan fingerprint density at radius 2 is 2.08 bits per heavy atom. The fourth-order valence-electron chi connectivity index (χ4n) is 2.63. The van der Waals surface area contributed by atoms with Crippen molar-refractivity contribution in [1.29, 1.82) is 0 Å². The zero-order valence-electron chi connectivity index (χ0n) is 13.4. The molecule has 1 amide bonds. The molecule has 2 N–H and O–H groups in total. The summed E-state index contributed by atoms with van der Waals surface area (Å²) in [4.78, 5) is 11.9. The molecule has 1 heterocycles. The Balaban J connectivity index is 1.41. The van der Waals surface area contributed by atoms with Gasteiger partial charge in [-0.1, -0.05) is 36.4 Å². The number of fused-ring (bicyclic) bond motifs is 1. The van der Waals surface area contributed by atoms with E-state index in [0.717, 1.165) is 29.1 Å². The van der Waals surface area contributed by atoms with Crippen molar-refractivity contribution in [3.05, 3.63) is 65.2 Å². The van der Waals surface area contributed by atoms with E-state index in [0.29, 0.717) is 12.4 Å². The van der Waals surface area contributed by atoms with Gasteiger partial charge in [-0.15, -0.1) is 11.8 Å². The van der Waals surface area contributed by atoms with E-state index in [1.807, 2.05) is 48.5 Å². The number of aliphatic hydroxyl groups is 1. The molecule has 2 aromatic rings. The highest BCUT2D eigenvalue weighted by molar-refractivity contribution is 7.99. The number of amides is 1. The van der Waals surface area contributed by atoms with Crippen molar-refractivity contribution in [1.82, 2.24) is 5.32 Å². The molecule has 0 radical (unpaired) electrons. The molecule has 0 bridgehead atoms. The van der Waals surface area contributed by atoms with Gasteiger partial charge in [0.05, 0.1) is 18.5 Å². The molecule has 1 aliphatic rings. The van der Waals surface area contributed by atoms with Crippen molar-refractivity contribution in [2.24, 2.45) is 0 Å². The fraction of sp³-hybridized carbons (Fsp3) is 0.316. The number of carbonyl (C=O) groups is 1. The first kappa shape index (κ1) is 16.9. The van der Waals surface area contributed by atoms with Crippen LogP contribution in [0.4, 0.5) is 0 Å². The van der Waals surface area contributed by atoms with E-state index < -0.39 is 6.10 Å². The Hall–Kier alpha value is -1.98. The van der Waals surface area contributed by atoms with Gasteiger partial charge in [-0.3, -0.25) is 4.79 Å². The maximum absolute atomic E-state index is 11.9. The predicted octanol–water partition coefficient (Wildman–Crippen LogP) is 2.70. The molecule has 4 nitrogen and oxygen atoms in total. The van der Waals surface area contributed by atoms with Gasteiger partial charge in [0.1, 0.15) is 5.75 Å². The second kappa shape index (κ2) is 8.22. The monoisotopic (exact) mass is 343 g/mol. The molecule has 0 spiro atoms. The van der Waals surface area contributed by atoms with Crippen LogP contribution < -0.4 is 10.1 Å². The number of benzene rings is 2. The van der Waals surface area contributed by atoms with Gasteiger partial charge in [0.15, 0.2) is 0 Å². The first-order valence-electron chi connectivity index (χ1n) is 8.04. The Kier molecular flexibility index (Phi) is 5.77. The van der Waals surface area contributed by atoms with Crippen LogP contribution >= 0.6 is 11.8 Å². The molecule has 126 valence electrons. The van der Waals surface area contributed by atoms with Gasteiger partial charge in [0.25, 0.3) is 0 Å². The van der Waals surface area contributed by atoms with Crippen molar-refractivity contribution in [3.8, 4) is 5.75 Å². The Morgan fingerprint density at radius 1 is 1.25 bits per heavy atom. The molecule has 0 aromatic heterocycles. The molecule has 0 saturated carbocycles. The third-order valence-corrected chi connectivity index (χ3v) is 4.94. The third-order valence-electron chi connectivity index (χ3n) is 3.94. The molecular formula is C19H21NO3S. The van der Waals surface area contributed by atoms with Crippen LogP contribution in [-0.4, -0.2) is 29.9 Å². The van der Waals surface area contributed by atoms with E-state index >= 15 is 0 Å². The van der Waals surface area contributed by atoms with Crippen LogP contribution in [0.5, 0.6) is 5.75 Å². The standard InChI is InChI=1S/C19H21NO3S/c21-17(15-6-7-18-16(10-15)8-9-23-18)11-20-19(22)13-24-12-14-4-2-1-3-5-14/h1-7,10,17,21H,8-9,11-13H2,(H,20,22)/t17-/m0/s1. The van der Waals surface area contributed by atoms with Crippen molar-refractivity contribution in [2.45, 2.75) is 18.3 Å². The molecule has 0 fully saturated rings. The average molecular weight is 343 g/mol. The van der Waals surface area contributed by atoms with Gasteiger partial charge in [-0.25, -0.2) is 0 Å². The van der Waals surface area contributed by atoms with Gasteiger partial charge in [0, 0.05) is 18.7 Å². The Morgan fingerprint density at radius 3 is 2.92 bits per heavy atom. The highest BCUT2D eigenvalue weighted by Gasteiger charge is 2.16. The largest absolute Gasteiger partial charge is 0.493 e. The lowest BCUT2D eigenvalue weighted by Crippen LogP contribution is -2.29. The summed E-state index contributed by atoms with van der Waals surface area (Å²) in [6, 6.07) is 15.8. The number of hydrogen-bond acceptors (Lipinski definition) is 4. The van der Waals surface area contributed by atoms with Crippen molar-refractivity contribution in [3.63, 3.8) is 0 Å². The van der Waals surface area contributed by atoms with Crippen LogP contribution in [0, 0.1) is 0 Å². The summed E-state index contributed by atoms with van der Waals surface area (Å²) < 4.78 is 5.46. The number of thioether (sulfide) groups is 1. The zero-order valence-corrected chi connectivity index (χ0v) is 14.2. The summed E-state index contributed by atoms with van der Waals surface area (Å²) in [5.41, 5.74) is 3.14. The maximum Gasteiger partial charge on any atom is 0.230 e. The van der Waals surface area contributed by atoms with Crippen molar-refractivity contribution in [2.75, 3.05) is 18.9 Å². The fourth-order valence-corrected chi connectivity index (χ4v) is 3.45. The minimum atomic E-state index is -0.695. The minimum absolute atomic E-state index is 0.0560. The van der Waals surface area contributed by atoms with Gasteiger partial charge >= 0.3 is 0 Å². The van der Waals surface area contributed by atoms with E-state index in [2.05, 4.69) is 5.32 Å². The lowest BCUT2D eigenvalue weighted by molar-refractivity contribution is -0.119. The highest BCUT2D eigenvalue weighted by atomic mass is 32.2. The lowest BCUT2D eigenvalue weighted by atomic mass is 10.0. The summed E-state index contributed by atoms with van der Waals surface area (Å²) in [6.07, 6.45) is 0.178. The molecule has 0 saturated heterocycles. The Labute approximate surface area is 146 Å². The van der Waals surface area contributed by atoms with Crippen LogP contribution in [0.2, 0.25) is 0 Å². The highest BCUT2D eigenvalue weighted by Crippen LogP contribution is 2.28. The number of rotatable bonds is 7. The van der Waals surface area contributed by atoms with Crippen LogP contribution in [0.1, 0.15) is 22.8 Å². The average Bonchev–Trinajstić information content (AvgIpc) is 3.08. The third kappa shape index (κ3) is 4.52. The first-order valence-corrected chi connectivity index (χ1v) is 9.20. The van der Waals surface area contributed by atoms with Crippen LogP contribution in [0.3, 0.4) is 0 Å². The second-order valence-corrected chi connectivity index (χ2v) is 6.75. The van der Waals surface area contributed by atoms with Gasteiger partial charge in [-0.2, -0.15) is 0 Å². The summed E-state index contributed by atoms with van der Waals surface area (Å²) in [5.74, 6) is 2.04. The predicted molar refractivity (Wildman–Crippen MR) is 96.2 cm³/mol. The normalized spacial score (nSPS) is 13.9. The molecule has 5 heteroatoms. The molecule has 0 unspecified atom stereocenters. The van der Waals surface area contributed by atoms with Crippen LogP contribution in [0.25, 0.3) is 0 Å². The number of hydrogen-bond donors (Lipinski definition) is 2. The topological polar surface area (TPSA) is 58.6 Å². The van der Waals surface area contributed by atoms with E-state index in [9.17, 15) is 9.90 Å². The summed E-state index contributed by atoms with van der Waals surface area (Å²) in [7, 11) is 0. The SMILES string of the molecule is O=C(CSCc1ccccc1)NC[C@H](O)c1ccc2c(c1)CCO2. The summed E-state index contributed by atoms with van der Waals surface area (Å²) in [5, 5.41) is 13.0.